The van der Waals surface area contributed by atoms with Crippen LogP contribution in [0.1, 0.15) is 23.6 Å². The molecular weight excluding hydrogens is 294 g/mol. The largest absolute Gasteiger partial charge is 0.385 e. The number of nitrogens with one attached hydrogen (secondary N) is 2. The lowest BCUT2D eigenvalue weighted by Gasteiger charge is -2.26. The van der Waals surface area contributed by atoms with Crippen LogP contribution in [0.3, 0.4) is 0 Å². The van der Waals surface area contributed by atoms with E-state index >= 15 is 0 Å². The molecule has 0 saturated heterocycles. The average Bonchev–Trinajstić information content (AvgIpc) is 2.83. The van der Waals surface area contributed by atoms with Gasteiger partial charge in [0, 0.05) is 20.3 Å². The molecule has 1 aromatic carbocycles. The number of carbonyl (C=O) groups excluding carboxylic acids is 2. The third-order valence-corrected chi connectivity index (χ3v) is 4.30. The van der Waals surface area contributed by atoms with E-state index in [1.54, 1.807) is 12.0 Å². The predicted molar refractivity (Wildman–Crippen MR) is 85.7 cm³/mol. The monoisotopic (exact) mass is 315 g/mol. The number of amides is 3. The molecule has 0 aromatic heterocycles. The maximum atomic E-state index is 12.8. The molecule has 0 unspecified atom stereocenters. The SMILES string of the molecule is COCCCN1CC2=C(C1=O)[C@@H](c1ccccc1C)NC(=O)N2. The molecule has 2 aliphatic rings. The van der Waals surface area contributed by atoms with Crippen molar-refractivity contribution in [1.82, 2.24) is 15.5 Å². The summed E-state index contributed by atoms with van der Waals surface area (Å²) in [6, 6.07) is 7.16. The predicted octanol–water partition coefficient (Wildman–Crippen LogP) is 1.48. The highest BCUT2D eigenvalue weighted by Crippen LogP contribution is 2.33. The number of rotatable bonds is 5. The Labute approximate surface area is 135 Å². The maximum Gasteiger partial charge on any atom is 0.319 e. The van der Waals surface area contributed by atoms with Gasteiger partial charge in [-0.2, -0.15) is 0 Å². The van der Waals surface area contributed by atoms with Crippen LogP contribution in [0.4, 0.5) is 4.79 Å². The number of aryl methyl sites for hydroxylation is 1. The number of benzene rings is 1. The van der Waals surface area contributed by atoms with Crippen molar-refractivity contribution >= 4 is 11.9 Å². The Morgan fingerprint density at radius 3 is 2.83 bits per heavy atom. The zero-order chi connectivity index (χ0) is 16.4. The Bertz CT molecular complexity index is 669. The van der Waals surface area contributed by atoms with Gasteiger partial charge < -0.3 is 20.3 Å². The second kappa shape index (κ2) is 6.42. The Morgan fingerprint density at radius 2 is 2.09 bits per heavy atom. The molecule has 0 spiro atoms. The van der Waals surface area contributed by atoms with Crippen molar-refractivity contribution in [3.8, 4) is 0 Å². The van der Waals surface area contributed by atoms with Crippen LogP contribution in [-0.2, 0) is 9.53 Å². The summed E-state index contributed by atoms with van der Waals surface area (Å²) in [6.07, 6.45) is 0.777. The summed E-state index contributed by atoms with van der Waals surface area (Å²) in [5.74, 6) is -0.0168. The molecule has 2 aliphatic heterocycles. The molecule has 0 aliphatic carbocycles. The van der Waals surface area contributed by atoms with Crippen LogP contribution in [0.15, 0.2) is 35.5 Å². The van der Waals surface area contributed by atoms with Crippen LogP contribution in [0.2, 0.25) is 0 Å². The number of hydrogen-bond donors (Lipinski definition) is 2. The minimum absolute atomic E-state index is 0.0168. The molecule has 2 heterocycles. The molecular formula is C17H21N3O3. The van der Waals surface area contributed by atoms with Crippen LogP contribution in [0.25, 0.3) is 0 Å². The molecule has 1 aromatic rings. The van der Waals surface area contributed by atoms with E-state index in [-0.39, 0.29) is 18.0 Å². The molecule has 0 bridgehead atoms. The Hall–Kier alpha value is -2.34. The topological polar surface area (TPSA) is 70.7 Å². The maximum absolute atomic E-state index is 12.8. The zero-order valence-electron chi connectivity index (χ0n) is 13.4. The molecule has 122 valence electrons. The standard InChI is InChI=1S/C17H21N3O3/c1-11-6-3-4-7-12(11)15-14-13(18-17(22)19-15)10-20(16(14)21)8-5-9-23-2/h3-4,6-7,15H,5,8-10H2,1-2H3,(H2,18,19,22)/t15-/m1/s1. The van der Waals surface area contributed by atoms with E-state index < -0.39 is 0 Å². The van der Waals surface area contributed by atoms with Crippen LogP contribution >= 0.6 is 0 Å². The lowest BCUT2D eigenvalue weighted by Crippen LogP contribution is -2.44. The smallest absolute Gasteiger partial charge is 0.319 e. The van der Waals surface area contributed by atoms with Gasteiger partial charge in [0.05, 0.1) is 23.9 Å². The first-order valence-corrected chi connectivity index (χ1v) is 7.76. The number of nitrogens with zero attached hydrogens (tertiary/aromatic N) is 1. The van der Waals surface area contributed by atoms with Crippen molar-refractivity contribution in [3.63, 3.8) is 0 Å². The first-order chi connectivity index (χ1) is 11.1. The fraction of sp³-hybridized carbons (Fsp3) is 0.412. The summed E-state index contributed by atoms with van der Waals surface area (Å²) >= 11 is 0. The Morgan fingerprint density at radius 1 is 1.30 bits per heavy atom. The average molecular weight is 315 g/mol. The first kappa shape index (κ1) is 15.6. The van der Waals surface area contributed by atoms with Crippen LogP contribution in [0, 0.1) is 6.92 Å². The van der Waals surface area contributed by atoms with Gasteiger partial charge in [0.25, 0.3) is 5.91 Å². The molecule has 6 nitrogen and oxygen atoms in total. The van der Waals surface area contributed by atoms with E-state index in [1.165, 1.54) is 0 Å². The van der Waals surface area contributed by atoms with Crippen LogP contribution < -0.4 is 10.6 Å². The summed E-state index contributed by atoms with van der Waals surface area (Å²) in [7, 11) is 1.65. The number of hydrogen-bond acceptors (Lipinski definition) is 3. The van der Waals surface area contributed by atoms with Gasteiger partial charge in [-0.05, 0) is 24.5 Å². The second-order valence-electron chi connectivity index (χ2n) is 5.85. The number of urea groups is 1. The van der Waals surface area contributed by atoms with E-state index in [1.807, 2.05) is 31.2 Å². The highest BCUT2D eigenvalue weighted by Gasteiger charge is 2.40. The molecule has 3 rings (SSSR count). The van der Waals surface area contributed by atoms with Crippen molar-refractivity contribution in [2.75, 3.05) is 26.8 Å². The summed E-state index contributed by atoms with van der Waals surface area (Å²) in [4.78, 5) is 26.5. The number of methoxy groups -OCH3 is 1. The normalized spacial score (nSPS) is 20.4. The third-order valence-electron chi connectivity index (χ3n) is 4.30. The lowest BCUT2D eigenvalue weighted by atomic mass is 9.93. The van der Waals surface area contributed by atoms with Gasteiger partial charge in [-0.15, -0.1) is 0 Å². The molecule has 3 amide bonds. The van der Waals surface area contributed by atoms with Crippen molar-refractivity contribution in [3.05, 3.63) is 46.7 Å². The zero-order valence-corrected chi connectivity index (χ0v) is 13.4. The highest BCUT2D eigenvalue weighted by atomic mass is 16.5. The highest BCUT2D eigenvalue weighted by molar-refractivity contribution is 6.01. The van der Waals surface area contributed by atoms with E-state index in [0.717, 1.165) is 17.5 Å². The molecule has 1 atom stereocenters. The minimum Gasteiger partial charge on any atom is -0.385 e. The van der Waals surface area contributed by atoms with E-state index in [9.17, 15) is 9.59 Å². The van der Waals surface area contributed by atoms with Gasteiger partial charge >= 0.3 is 6.03 Å². The van der Waals surface area contributed by atoms with E-state index in [2.05, 4.69) is 10.6 Å². The van der Waals surface area contributed by atoms with Gasteiger partial charge in [-0.25, -0.2) is 4.79 Å². The second-order valence-corrected chi connectivity index (χ2v) is 5.85. The van der Waals surface area contributed by atoms with Crippen LogP contribution in [-0.4, -0.2) is 43.6 Å². The van der Waals surface area contributed by atoms with Crippen molar-refractivity contribution in [2.24, 2.45) is 0 Å². The van der Waals surface area contributed by atoms with E-state index in [4.69, 9.17) is 4.74 Å². The molecule has 0 fully saturated rings. The quantitative estimate of drug-likeness (QED) is 0.809. The van der Waals surface area contributed by atoms with Crippen LogP contribution in [0.5, 0.6) is 0 Å². The van der Waals surface area contributed by atoms with E-state index in [0.29, 0.717) is 31.0 Å². The van der Waals surface area contributed by atoms with Gasteiger partial charge in [-0.1, -0.05) is 24.3 Å². The summed E-state index contributed by atoms with van der Waals surface area (Å²) in [5.41, 5.74) is 3.37. The molecule has 23 heavy (non-hydrogen) atoms. The minimum atomic E-state index is -0.389. The van der Waals surface area contributed by atoms with Gasteiger partial charge in [-0.3, -0.25) is 4.79 Å². The Kier molecular flexibility index (Phi) is 4.34. The molecule has 6 heteroatoms. The first-order valence-electron chi connectivity index (χ1n) is 7.76. The number of carbonyl (C=O) groups is 2. The lowest BCUT2D eigenvalue weighted by molar-refractivity contribution is -0.125. The molecule has 2 N–H and O–H groups in total. The van der Waals surface area contributed by atoms with Crippen molar-refractivity contribution < 1.29 is 14.3 Å². The summed E-state index contributed by atoms with van der Waals surface area (Å²) < 4.78 is 5.05. The van der Waals surface area contributed by atoms with Gasteiger partial charge in [0.2, 0.25) is 0 Å². The fourth-order valence-electron chi connectivity index (χ4n) is 3.15. The summed E-state index contributed by atoms with van der Waals surface area (Å²) in [6.45, 7) is 3.67. The molecule has 0 radical (unpaired) electrons. The number of ether oxygens (including phenoxy) is 1. The Balaban J connectivity index is 1.88. The van der Waals surface area contributed by atoms with Crippen molar-refractivity contribution in [1.29, 1.82) is 0 Å². The summed E-state index contributed by atoms with van der Waals surface area (Å²) in [5, 5.41) is 5.67. The molecule has 0 saturated carbocycles. The van der Waals surface area contributed by atoms with Crippen molar-refractivity contribution in [2.45, 2.75) is 19.4 Å². The van der Waals surface area contributed by atoms with Gasteiger partial charge in [0.1, 0.15) is 0 Å². The van der Waals surface area contributed by atoms with Gasteiger partial charge in [0.15, 0.2) is 0 Å². The third kappa shape index (κ3) is 2.94. The fourth-order valence-corrected chi connectivity index (χ4v) is 3.15.